The van der Waals surface area contributed by atoms with Crippen molar-refractivity contribution in [2.75, 3.05) is 0 Å². The highest BCUT2D eigenvalue weighted by Crippen LogP contribution is 2.42. The van der Waals surface area contributed by atoms with Crippen LogP contribution in [0.2, 0.25) is 0 Å². The van der Waals surface area contributed by atoms with Crippen LogP contribution in [-0.4, -0.2) is 22.2 Å². The summed E-state index contributed by atoms with van der Waals surface area (Å²) >= 11 is 0. The quantitative estimate of drug-likeness (QED) is 0.705. The average Bonchev–Trinajstić information content (AvgIpc) is 2.66. The molecule has 0 aromatic heterocycles. The van der Waals surface area contributed by atoms with Gasteiger partial charge in [-0.1, -0.05) is 66.7 Å². The van der Waals surface area contributed by atoms with Crippen molar-refractivity contribution in [3.8, 4) is 0 Å². The van der Waals surface area contributed by atoms with Crippen LogP contribution < -0.4 is 0 Å². The highest BCUT2D eigenvalue weighted by atomic mass is 16.4. The van der Waals surface area contributed by atoms with Gasteiger partial charge in [0.25, 0.3) is 0 Å². The van der Waals surface area contributed by atoms with Crippen LogP contribution in [0.5, 0.6) is 0 Å². The van der Waals surface area contributed by atoms with Gasteiger partial charge in [0.05, 0.1) is 0 Å². The van der Waals surface area contributed by atoms with Crippen molar-refractivity contribution in [3.05, 3.63) is 89.5 Å². The van der Waals surface area contributed by atoms with E-state index in [1.807, 2.05) is 54.6 Å². The Bertz CT molecular complexity index is 1060. The fourth-order valence-corrected chi connectivity index (χ4v) is 3.66. The first-order chi connectivity index (χ1) is 12.5. The summed E-state index contributed by atoms with van der Waals surface area (Å²) in [6, 6.07) is 21.0. The second-order valence-corrected chi connectivity index (χ2v) is 6.50. The maximum Gasteiger partial charge on any atom is 0.325 e. The van der Waals surface area contributed by atoms with Crippen LogP contribution in [0.1, 0.15) is 16.7 Å². The molecule has 0 unspecified atom stereocenters. The molecular weight excluding hydrogens is 328 g/mol. The summed E-state index contributed by atoms with van der Waals surface area (Å²) in [5.74, 6) is -2.70. The second kappa shape index (κ2) is 5.85. The molecule has 0 heterocycles. The molecule has 0 fully saturated rings. The van der Waals surface area contributed by atoms with Crippen LogP contribution in [-0.2, 0) is 16.0 Å². The van der Waals surface area contributed by atoms with Crippen molar-refractivity contribution in [2.45, 2.75) is 6.42 Å². The number of rotatable bonds is 3. The molecule has 0 saturated heterocycles. The largest absolute Gasteiger partial charge is 0.480 e. The van der Waals surface area contributed by atoms with E-state index in [0.29, 0.717) is 5.57 Å². The molecule has 0 spiro atoms. The van der Waals surface area contributed by atoms with E-state index in [1.165, 1.54) is 6.08 Å². The molecule has 3 aromatic rings. The standard InChI is InChI=1S/C22H16O4/c23-20(24)22(21(25)26)12-15-7-2-4-10-17(15)19(13-22)18-11-5-8-14-6-1-3-9-16(14)18/h1-11,13H,12H2,(H,23,24)(H,25,26). The third kappa shape index (κ3) is 2.30. The van der Waals surface area contributed by atoms with Crippen molar-refractivity contribution in [1.82, 2.24) is 0 Å². The Hall–Kier alpha value is -3.40. The Morgan fingerprint density at radius 1 is 0.769 bits per heavy atom. The van der Waals surface area contributed by atoms with Gasteiger partial charge in [-0.25, -0.2) is 0 Å². The number of hydrogen-bond donors (Lipinski definition) is 2. The number of hydrogen-bond acceptors (Lipinski definition) is 2. The van der Waals surface area contributed by atoms with Crippen LogP contribution in [0.25, 0.3) is 16.3 Å². The predicted molar refractivity (Wildman–Crippen MR) is 98.9 cm³/mol. The Morgan fingerprint density at radius 3 is 2.15 bits per heavy atom. The molecule has 1 aliphatic carbocycles. The summed E-state index contributed by atoms with van der Waals surface area (Å²) in [6.45, 7) is 0. The fourth-order valence-electron chi connectivity index (χ4n) is 3.66. The molecule has 4 heteroatoms. The van der Waals surface area contributed by atoms with Crippen molar-refractivity contribution < 1.29 is 19.8 Å². The van der Waals surface area contributed by atoms with Crippen molar-refractivity contribution in [1.29, 1.82) is 0 Å². The van der Waals surface area contributed by atoms with Gasteiger partial charge < -0.3 is 10.2 Å². The van der Waals surface area contributed by atoms with Gasteiger partial charge in [0.2, 0.25) is 0 Å². The van der Waals surface area contributed by atoms with Crippen LogP contribution in [0.15, 0.2) is 72.8 Å². The maximum absolute atomic E-state index is 11.9. The summed E-state index contributed by atoms with van der Waals surface area (Å²) in [5.41, 5.74) is 1.11. The number of carboxylic acid groups (broad SMARTS) is 2. The molecule has 0 amide bonds. The van der Waals surface area contributed by atoms with Gasteiger partial charge in [-0.15, -0.1) is 0 Å². The van der Waals surface area contributed by atoms with E-state index in [2.05, 4.69) is 0 Å². The van der Waals surface area contributed by atoms with Crippen molar-refractivity contribution in [2.24, 2.45) is 5.41 Å². The average molecular weight is 344 g/mol. The number of aliphatic carboxylic acids is 2. The normalized spacial score (nSPS) is 15.2. The summed E-state index contributed by atoms with van der Waals surface area (Å²) in [7, 11) is 0. The van der Waals surface area contributed by atoms with E-state index in [-0.39, 0.29) is 6.42 Å². The molecule has 0 atom stereocenters. The minimum Gasteiger partial charge on any atom is -0.480 e. The summed E-state index contributed by atoms with van der Waals surface area (Å²) in [4.78, 5) is 23.9. The highest BCUT2D eigenvalue weighted by molar-refractivity contribution is 6.07. The Morgan fingerprint density at radius 2 is 1.38 bits per heavy atom. The van der Waals surface area contributed by atoms with E-state index in [4.69, 9.17) is 0 Å². The van der Waals surface area contributed by atoms with Crippen molar-refractivity contribution >= 4 is 28.3 Å². The summed E-state index contributed by atoms with van der Waals surface area (Å²) < 4.78 is 0. The number of carboxylic acids is 2. The first-order valence-electron chi connectivity index (χ1n) is 8.29. The van der Waals surface area contributed by atoms with Gasteiger partial charge in [0.1, 0.15) is 0 Å². The van der Waals surface area contributed by atoms with Gasteiger partial charge in [-0.05, 0) is 39.1 Å². The fraction of sp³-hybridized carbons (Fsp3) is 0.0909. The molecule has 4 nitrogen and oxygen atoms in total. The monoisotopic (exact) mass is 344 g/mol. The lowest BCUT2D eigenvalue weighted by molar-refractivity contribution is -0.160. The molecule has 2 N–H and O–H groups in total. The van der Waals surface area contributed by atoms with Gasteiger partial charge in [0, 0.05) is 6.42 Å². The minimum atomic E-state index is -1.97. The van der Waals surface area contributed by atoms with Gasteiger partial charge >= 0.3 is 11.9 Å². The number of carbonyl (C=O) groups is 2. The van der Waals surface area contributed by atoms with Gasteiger partial charge in [0.15, 0.2) is 5.41 Å². The molecular formula is C22H16O4. The van der Waals surface area contributed by atoms with Crippen LogP contribution in [0, 0.1) is 5.41 Å². The maximum atomic E-state index is 11.9. The first-order valence-corrected chi connectivity index (χ1v) is 8.29. The lowest BCUT2D eigenvalue weighted by atomic mass is 9.71. The molecule has 0 bridgehead atoms. The van der Waals surface area contributed by atoms with Crippen LogP contribution in [0.3, 0.4) is 0 Å². The zero-order valence-electron chi connectivity index (χ0n) is 13.8. The minimum absolute atomic E-state index is 0.0674. The predicted octanol–water partition coefficient (Wildman–Crippen LogP) is 3.98. The molecule has 1 aliphatic rings. The third-order valence-corrected chi connectivity index (χ3v) is 5.01. The van der Waals surface area contributed by atoms with E-state index < -0.39 is 17.4 Å². The molecule has 0 aliphatic heterocycles. The van der Waals surface area contributed by atoms with E-state index in [9.17, 15) is 19.8 Å². The second-order valence-electron chi connectivity index (χ2n) is 6.50. The Kier molecular flexibility index (Phi) is 3.62. The lowest BCUT2D eigenvalue weighted by Crippen LogP contribution is -2.41. The zero-order chi connectivity index (χ0) is 18.3. The topological polar surface area (TPSA) is 74.6 Å². The summed E-state index contributed by atoms with van der Waals surface area (Å²) in [5, 5.41) is 21.5. The first kappa shape index (κ1) is 16.1. The smallest absolute Gasteiger partial charge is 0.325 e. The molecule has 0 saturated carbocycles. The van der Waals surface area contributed by atoms with Crippen molar-refractivity contribution in [3.63, 3.8) is 0 Å². The Balaban J connectivity index is 2.07. The molecule has 4 rings (SSSR count). The molecule has 0 radical (unpaired) electrons. The van der Waals surface area contributed by atoms with Crippen LogP contribution >= 0.6 is 0 Å². The third-order valence-electron chi connectivity index (χ3n) is 5.01. The van der Waals surface area contributed by atoms with E-state index >= 15 is 0 Å². The van der Waals surface area contributed by atoms with E-state index in [1.54, 1.807) is 12.1 Å². The summed E-state index contributed by atoms with van der Waals surface area (Å²) in [6.07, 6.45) is 1.34. The number of benzene rings is 3. The van der Waals surface area contributed by atoms with Crippen LogP contribution in [0.4, 0.5) is 0 Å². The van der Waals surface area contributed by atoms with Gasteiger partial charge in [-0.2, -0.15) is 0 Å². The van der Waals surface area contributed by atoms with E-state index in [0.717, 1.165) is 27.5 Å². The zero-order valence-corrected chi connectivity index (χ0v) is 13.8. The molecule has 26 heavy (non-hydrogen) atoms. The lowest BCUT2D eigenvalue weighted by Gasteiger charge is -2.30. The SMILES string of the molecule is O=C(O)C1(C(=O)O)C=C(c2cccc3ccccc23)c2ccccc2C1. The number of fused-ring (bicyclic) bond motifs is 2. The molecule has 128 valence electrons. The Labute approximate surface area is 150 Å². The highest BCUT2D eigenvalue weighted by Gasteiger charge is 2.47. The molecule has 3 aromatic carbocycles. The van der Waals surface area contributed by atoms with Gasteiger partial charge in [-0.3, -0.25) is 9.59 Å².